The molecule has 6 aromatic rings. The standard InChI is InChI=1S/C49H84NO.C24BF20/c1-3-5-7-9-11-13-15-17-19-21-23-25-27-29-31-34-39-46-42-38-44-50(45-49(51)47-40-35-33-36-41-47)48(46)43-37-32-30-28-26-24-22-20-18-16-14-12-10-8-6-4-2;26-5-1(6(27)14(35)21(42)13(5)34)25(2-7(28)15(36)22(43)16(37)8(2)29,3-9(30)17(38)23(44)18(39)10(3)31)4-11(32)19(40)24(45)20(41)12(4)33/h33,35-36,38,40-42,44H,3-32,34,37,39,43,45H2,1-2H3;/q+1;-1. The van der Waals surface area contributed by atoms with E-state index in [1.807, 2.05) is 30.3 Å². The van der Waals surface area contributed by atoms with Gasteiger partial charge < -0.3 is 0 Å². The van der Waals surface area contributed by atoms with Crippen molar-refractivity contribution in [1.82, 2.24) is 0 Å². The molecule has 0 N–H and O–H groups in total. The van der Waals surface area contributed by atoms with E-state index in [4.69, 9.17) is 0 Å². The van der Waals surface area contributed by atoms with Gasteiger partial charge in [0.15, 0.2) is 81.7 Å². The summed E-state index contributed by atoms with van der Waals surface area (Å²) in [6.45, 7) is 5.05. The molecule has 0 saturated carbocycles. The number of carbonyl (C=O) groups excluding carboxylic acids is 1. The van der Waals surface area contributed by atoms with Crippen LogP contribution in [0.3, 0.4) is 0 Å². The zero-order valence-electron chi connectivity index (χ0n) is 54.4. The molecule has 0 unspecified atom stereocenters. The van der Waals surface area contributed by atoms with Crippen molar-refractivity contribution in [3.63, 3.8) is 0 Å². The maximum Gasteiger partial charge on any atom is 0.227 e. The molecule has 23 heteroatoms. The Morgan fingerprint density at radius 3 is 0.771 bits per heavy atom. The fourth-order valence-electron chi connectivity index (χ4n) is 12.8. The molecule has 1 heterocycles. The van der Waals surface area contributed by atoms with E-state index < -0.39 is 144 Å². The minimum absolute atomic E-state index is 0.216. The number of carbonyl (C=O) groups is 1. The molecule has 1 aromatic heterocycles. The normalized spacial score (nSPS) is 11.7. The first-order chi connectivity index (χ1) is 46.0. The average molecular weight is 1380 g/mol. The van der Waals surface area contributed by atoms with Crippen LogP contribution in [-0.4, -0.2) is 11.9 Å². The molecule has 0 bridgehead atoms. The van der Waals surface area contributed by atoms with E-state index in [1.165, 1.54) is 217 Å². The van der Waals surface area contributed by atoms with Gasteiger partial charge in [0.25, 0.3) is 0 Å². The summed E-state index contributed by atoms with van der Waals surface area (Å²) >= 11 is 0. The summed E-state index contributed by atoms with van der Waals surface area (Å²) < 4.78 is 296. The first kappa shape index (κ1) is 80.3. The maximum absolute atomic E-state index is 15.4. The van der Waals surface area contributed by atoms with Gasteiger partial charge in [-0.2, -0.15) is 4.57 Å². The number of ketones is 1. The number of aryl methyl sites for hydroxylation is 1. The van der Waals surface area contributed by atoms with Gasteiger partial charge in [-0.05, 0) is 25.3 Å². The number of nitrogens with zero attached hydrogens (tertiary/aromatic N) is 1. The highest BCUT2D eigenvalue weighted by Gasteiger charge is 2.52. The van der Waals surface area contributed by atoms with Crippen LogP contribution in [0.5, 0.6) is 0 Å². The summed E-state index contributed by atoms with van der Waals surface area (Å²) in [6.07, 6.45) is 42.1. The summed E-state index contributed by atoms with van der Waals surface area (Å²) in [5, 5.41) is 0. The molecule has 0 aliphatic rings. The molecule has 2 nitrogen and oxygen atoms in total. The maximum atomic E-state index is 15.4. The number of unbranched alkanes of at least 4 members (excludes halogenated alkanes) is 30. The van der Waals surface area contributed by atoms with Gasteiger partial charge in [-0.1, -0.05) is 237 Å². The Labute approximate surface area is 549 Å². The molecular formula is C73H84BF20NO. The largest absolute Gasteiger partial charge is 0.287 e. The van der Waals surface area contributed by atoms with Gasteiger partial charge in [0.1, 0.15) is 52.7 Å². The third-order valence-corrected chi connectivity index (χ3v) is 18.0. The lowest BCUT2D eigenvalue weighted by atomic mass is 9.12. The number of aromatic nitrogens is 1. The summed E-state index contributed by atoms with van der Waals surface area (Å²) in [5.41, 5.74) is -10.6. The van der Waals surface area contributed by atoms with Crippen LogP contribution < -0.4 is 26.4 Å². The molecule has 0 saturated heterocycles. The smallest absolute Gasteiger partial charge is 0.227 e. The first-order valence-electron chi connectivity index (χ1n) is 33.8. The fraction of sp³-hybridized carbons (Fsp3) is 0.507. The molecular weight excluding hydrogens is 1300 g/mol. The number of benzene rings is 5. The van der Waals surface area contributed by atoms with E-state index in [9.17, 15) is 57.5 Å². The molecule has 0 atom stereocenters. The van der Waals surface area contributed by atoms with Crippen molar-refractivity contribution in [3.05, 3.63) is 182 Å². The van der Waals surface area contributed by atoms with Gasteiger partial charge in [-0.25, -0.2) is 87.8 Å². The van der Waals surface area contributed by atoms with E-state index in [1.54, 1.807) is 0 Å². The predicted octanol–water partition coefficient (Wildman–Crippen LogP) is 21.3. The molecule has 0 amide bonds. The van der Waals surface area contributed by atoms with Crippen LogP contribution >= 0.6 is 0 Å². The Balaban J connectivity index is 0.000000349. The highest BCUT2D eigenvalue weighted by Crippen LogP contribution is 2.32. The second kappa shape index (κ2) is 40.5. The SMILES string of the molecule is CCCCCCCCCCCCCCCCCCc1ccc[n+](CC(=O)c2ccccc2)c1CCCCCCCCCCCCCCCCCC.Fc1c(F)c(F)c([B-](c2c(F)c(F)c(F)c(F)c2F)(c2c(F)c(F)c(F)c(F)c2F)c2c(F)c(F)c(F)c(F)c2F)c(F)c1F. The Kier molecular flexibility index (Phi) is 33.8. The van der Waals surface area contributed by atoms with Crippen molar-refractivity contribution in [2.24, 2.45) is 0 Å². The van der Waals surface area contributed by atoms with E-state index >= 15 is 35.1 Å². The molecule has 0 aliphatic heterocycles. The fourth-order valence-corrected chi connectivity index (χ4v) is 12.8. The quantitative estimate of drug-likeness (QED) is 0.00713. The van der Waals surface area contributed by atoms with Crippen LogP contribution in [0, 0.1) is 116 Å². The molecule has 5 aromatic carbocycles. The number of Topliss-reactive ketones (excluding diaryl/α,β-unsaturated/α-hetero) is 1. The molecule has 530 valence electrons. The number of pyridine rings is 1. The molecule has 0 aliphatic carbocycles. The highest BCUT2D eigenvalue weighted by atomic mass is 19.2. The predicted molar refractivity (Wildman–Crippen MR) is 333 cm³/mol. The molecule has 96 heavy (non-hydrogen) atoms. The van der Waals surface area contributed by atoms with E-state index in [-0.39, 0.29) is 5.78 Å². The van der Waals surface area contributed by atoms with Crippen LogP contribution in [0.4, 0.5) is 87.8 Å². The van der Waals surface area contributed by atoms with Gasteiger partial charge in [-0.15, -0.1) is 21.9 Å². The van der Waals surface area contributed by atoms with Gasteiger partial charge in [0.05, 0.1) is 0 Å². The summed E-state index contributed by atoms with van der Waals surface area (Å²) in [4.78, 5) is 13.2. The number of rotatable bonds is 41. The van der Waals surface area contributed by atoms with E-state index in [0.29, 0.717) is 6.54 Å². The van der Waals surface area contributed by atoms with Gasteiger partial charge in [0, 0.05) is 23.6 Å². The lowest BCUT2D eigenvalue weighted by molar-refractivity contribution is -0.691. The average Bonchev–Trinajstić information content (AvgIpc) is 0.683. The minimum atomic E-state index is -7.22. The van der Waals surface area contributed by atoms with Crippen molar-refractivity contribution < 1.29 is 97.2 Å². The number of halogens is 20. The minimum Gasteiger partial charge on any atom is -0.287 e. The van der Waals surface area contributed by atoms with Crippen molar-refractivity contribution >= 4 is 33.8 Å². The summed E-state index contributed by atoms with van der Waals surface area (Å²) in [5.74, 6) is -71.2. The Bertz CT molecular complexity index is 3070. The molecule has 6 rings (SSSR count). The third kappa shape index (κ3) is 20.4. The molecule has 0 spiro atoms. The zero-order valence-corrected chi connectivity index (χ0v) is 54.4. The van der Waals surface area contributed by atoms with Crippen molar-refractivity contribution in [2.75, 3.05) is 0 Å². The van der Waals surface area contributed by atoms with E-state index in [2.05, 4.69) is 36.7 Å². The van der Waals surface area contributed by atoms with Crippen LogP contribution in [0.25, 0.3) is 0 Å². The monoisotopic (exact) mass is 1380 g/mol. The summed E-state index contributed by atoms with van der Waals surface area (Å²) in [6, 6.07) is 14.4. The van der Waals surface area contributed by atoms with Crippen LogP contribution in [0.15, 0.2) is 48.7 Å². The Hall–Kier alpha value is -6.42. The molecule has 0 fully saturated rings. The second-order valence-electron chi connectivity index (χ2n) is 24.8. The second-order valence-corrected chi connectivity index (χ2v) is 24.8. The van der Waals surface area contributed by atoms with Crippen molar-refractivity contribution in [2.45, 2.75) is 239 Å². The van der Waals surface area contributed by atoms with Crippen LogP contribution in [0.2, 0.25) is 0 Å². The van der Waals surface area contributed by atoms with Gasteiger partial charge in [-0.3, -0.25) is 4.79 Å². The zero-order chi connectivity index (χ0) is 70.6. The third-order valence-electron chi connectivity index (χ3n) is 18.0. The number of hydrogen-bond donors (Lipinski definition) is 0. The lowest BCUT2D eigenvalue weighted by Crippen LogP contribution is -2.81. The van der Waals surface area contributed by atoms with E-state index in [0.717, 1.165) is 18.4 Å². The Morgan fingerprint density at radius 1 is 0.281 bits per heavy atom. The lowest BCUT2D eigenvalue weighted by Gasteiger charge is -2.44. The number of hydrogen-bond acceptors (Lipinski definition) is 1. The summed E-state index contributed by atoms with van der Waals surface area (Å²) in [7, 11) is 0. The molecule has 0 radical (unpaired) electrons. The van der Waals surface area contributed by atoms with Crippen molar-refractivity contribution in [3.8, 4) is 0 Å². The van der Waals surface area contributed by atoms with Crippen LogP contribution in [-0.2, 0) is 19.4 Å². The van der Waals surface area contributed by atoms with Gasteiger partial charge in [0.2, 0.25) is 12.3 Å². The van der Waals surface area contributed by atoms with Crippen LogP contribution in [0.1, 0.15) is 241 Å². The van der Waals surface area contributed by atoms with Gasteiger partial charge >= 0.3 is 0 Å². The van der Waals surface area contributed by atoms with Crippen molar-refractivity contribution in [1.29, 1.82) is 0 Å². The highest BCUT2D eigenvalue weighted by molar-refractivity contribution is 7.20. The first-order valence-corrected chi connectivity index (χ1v) is 33.8. The Morgan fingerprint density at radius 2 is 0.510 bits per heavy atom. The topological polar surface area (TPSA) is 20.9 Å².